The molecule has 0 aromatic carbocycles. The quantitative estimate of drug-likeness (QED) is 0.886. The SMILES string of the molecule is CC(C)C1(Cn2cncc2C2(C)CCNC2)CC1. The predicted molar refractivity (Wildman–Crippen MR) is 73.6 cm³/mol. The maximum Gasteiger partial charge on any atom is 0.0948 e. The summed E-state index contributed by atoms with van der Waals surface area (Å²) >= 11 is 0. The maximum absolute atomic E-state index is 4.42. The van der Waals surface area contributed by atoms with E-state index in [9.17, 15) is 0 Å². The third-order valence-corrected chi connectivity index (χ3v) is 5.30. The van der Waals surface area contributed by atoms with E-state index in [0.717, 1.165) is 25.6 Å². The predicted octanol–water partition coefficient (Wildman–Crippen LogP) is 2.57. The van der Waals surface area contributed by atoms with Crippen molar-refractivity contribution in [1.82, 2.24) is 14.9 Å². The Hall–Kier alpha value is -0.830. The lowest BCUT2D eigenvalue weighted by Gasteiger charge is -2.27. The van der Waals surface area contributed by atoms with Crippen LogP contribution in [0.3, 0.4) is 0 Å². The van der Waals surface area contributed by atoms with Gasteiger partial charge in [0.1, 0.15) is 0 Å². The number of nitrogens with one attached hydrogen (secondary N) is 1. The molecule has 1 aromatic heterocycles. The van der Waals surface area contributed by atoms with Gasteiger partial charge in [-0.05, 0) is 37.1 Å². The zero-order valence-corrected chi connectivity index (χ0v) is 11.9. The molecule has 2 aliphatic rings. The summed E-state index contributed by atoms with van der Waals surface area (Å²) < 4.78 is 2.43. The Morgan fingerprint density at radius 1 is 1.39 bits per heavy atom. The maximum atomic E-state index is 4.42. The highest BCUT2D eigenvalue weighted by molar-refractivity contribution is 5.18. The number of hydrogen-bond acceptors (Lipinski definition) is 2. The summed E-state index contributed by atoms with van der Waals surface area (Å²) in [6, 6.07) is 0. The van der Waals surface area contributed by atoms with Crippen LogP contribution in [0.25, 0.3) is 0 Å². The molecule has 0 spiro atoms. The van der Waals surface area contributed by atoms with Crippen LogP contribution in [0.4, 0.5) is 0 Å². The minimum absolute atomic E-state index is 0.281. The van der Waals surface area contributed by atoms with Crippen LogP contribution in [0.1, 0.15) is 45.7 Å². The lowest BCUT2D eigenvalue weighted by Crippen LogP contribution is -2.30. The lowest BCUT2D eigenvalue weighted by atomic mass is 9.85. The summed E-state index contributed by atoms with van der Waals surface area (Å²) in [5, 5.41) is 3.49. The first-order valence-corrected chi connectivity index (χ1v) is 7.27. The highest BCUT2D eigenvalue weighted by atomic mass is 15.1. The molecule has 1 aliphatic heterocycles. The van der Waals surface area contributed by atoms with E-state index in [2.05, 4.69) is 41.8 Å². The first kappa shape index (κ1) is 12.2. The molecule has 1 saturated carbocycles. The van der Waals surface area contributed by atoms with Gasteiger partial charge >= 0.3 is 0 Å². The fourth-order valence-corrected chi connectivity index (χ4v) is 3.40. The number of hydrogen-bond donors (Lipinski definition) is 1. The van der Waals surface area contributed by atoms with Crippen LogP contribution in [-0.2, 0) is 12.0 Å². The number of imidazole rings is 1. The first-order valence-electron chi connectivity index (χ1n) is 7.27. The summed E-state index contributed by atoms with van der Waals surface area (Å²) in [7, 11) is 0. The van der Waals surface area contributed by atoms with Crippen molar-refractivity contribution in [2.45, 2.75) is 52.0 Å². The van der Waals surface area contributed by atoms with Crippen LogP contribution >= 0.6 is 0 Å². The van der Waals surface area contributed by atoms with E-state index in [1.54, 1.807) is 0 Å². The number of aromatic nitrogens is 2. The zero-order chi connectivity index (χ0) is 12.8. The standard InChI is InChI=1S/C15H25N3/c1-12(2)15(4-5-15)10-18-11-17-8-13(18)14(3)6-7-16-9-14/h8,11-12,16H,4-7,9-10H2,1-3H3. The second kappa shape index (κ2) is 4.09. The van der Waals surface area contributed by atoms with Gasteiger partial charge in [0.15, 0.2) is 0 Å². The van der Waals surface area contributed by atoms with Gasteiger partial charge in [0.2, 0.25) is 0 Å². The van der Waals surface area contributed by atoms with Crippen LogP contribution < -0.4 is 5.32 Å². The fraction of sp³-hybridized carbons (Fsp3) is 0.800. The van der Waals surface area contributed by atoms with E-state index in [-0.39, 0.29) is 5.41 Å². The summed E-state index contributed by atoms with van der Waals surface area (Å²) in [5.41, 5.74) is 2.26. The Morgan fingerprint density at radius 2 is 2.17 bits per heavy atom. The molecular weight excluding hydrogens is 222 g/mol. The van der Waals surface area contributed by atoms with Crippen molar-refractivity contribution < 1.29 is 0 Å². The van der Waals surface area contributed by atoms with Gasteiger partial charge in [-0.3, -0.25) is 0 Å². The summed E-state index contributed by atoms with van der Waals surface area (Å²) in [5.74, 6) is 0.780. The van der Waals surface area contributed by atoms with E-state index < -0.39 is 0 Å². The molecule has 3 nitrogen and oxygen atoms in total. The molecule has 18 heavy (non-hydrogen) atoms. The molecule has 1 atom stereocenters. The van der Waals surface area contributed by atoms with E-state index in [0.29, 0.717) is 5.41 Å². The van der Waals surface area contributed by atoms with Gasteiger partial charge in [-0.2, -0.15) is 0 Å². The molecule has 1 aromatic rings. The summed E-state index contributed by atoms with van der Waals surface area (Å²) in [6.07, 6.45) is 8.13. The van der Waals surface area contributed by atoms with Gasteiger partial charge < -0.3 is 9.88 Å². The van der Waals surface area contributed by atoms with Crippen molar-refractivity contribution in [2.24, 2.45) is 11.3 Å². The average molecular weight is 247 g/mol. The molecule has 3 heteroatoms. The highest BCUT2D eigenvalue weighted by Gasteiger charge is 2.46. The number of nitrogens with zero attached hydrogens (tertiary/aromatic N) is 2. The van der Waals surface area contributed by atoms with Crippen molar-refractivity contribution in [2.75, 3.05) is 13.1 Å². The van der Waals surface area contributed by atoms with Gasteiger partial charge in [-0.25, -0.2) is 4.98 Å². The molecule has 3 rings (SSSR count). The molecule has 1 unspecified atom stereocenters. The molecule has 0 amide bonds. The van der Waals surface area contributed by atoms with Crippen LogP contribution in [0.2, 0.25) is 0 Å². The van der Waals surface area contributed by atoms with Gasteiger partial charge in [0.25, 0.3) is 0 Å². The molecule has 0 bridgehead atoms. The minimum Gasteiger partial charge on any atom is -0.333 e. The van der Waals surface area contributed by atoms with Gasteiger partial charge in [-0.1, -0.05) is 20.8 Å². The summed E-state index contributed by atoms with van der Waals surface area (Å²) in [4.78, 5) is 4.42. The van der Waals surface area contributed by atoms with Crippen LogP contribution in [0.15, 0.2) is 12.5 Å². The van der Waals surface area contributed by atoms with Crippen molar-refractivity contribution in [3.63, 3.8) is 0 Å². The fourth-order valence-electron chi connectivity index (χ4n) is 3.40. The van der Waals surface area contributed by atoms with Crippen LogP contribution in [-0.4, -0.2) is 22.6 Å². The van der Waals surface area contributed by atoms with Crippen molar-refractivity contribution >= 4 is 0 Å². The third-order valence-electron chi connectivity index (χ3n) is 5.30. The smallest absolute Gasteiger partial charge is 0.0948 e. The van der Waals surface area contributed by atoms with Crippen molar-refractivity contribution in [3.05, 3.63) is 18.2 Å². The highest BCUT2D eigenvalue weighted by Crippen LogP contribution is 2.53. The summed E-state index contributed by atoms with van der Waals surface area (Å²) in [6.45, 7) is 10.5. The molecule has 100 valence electrons. The van der Waals surface area contributed by atoms with Gasteiger partial charge in [-0.15, -0.1) is 0 Å². The normalized spacial score (nSPS) is 30.0. The minimum atomic E-state index is 0.281. The Bertz CT molecular complexity index is 423. The van der Waals surface area contributed by atoms with E-state index in [1.807, 2.05) is 6.33 Å². The average Bonchev–Trinajstić information content (AvgIpc) is 2.75. The molecule has 0 radical (unpaired) electrons. The van der Waals surface area contributed by atoms with Gasteiger partial charge in [0, 0.05) is 30.4 Å². The van der Waals surface area contributed by atoms with E-state index >= 15 is 0 Å². The molecule has 2 fully saturated rings. The van der Waals surface area contributed by atoms with E-state index in [1.165, 1.54) is 25.0 Å². The number of rotatable bonds is 4. The topological polar surface area (TPSA) is 29.9 Å². The lowest BCUT2D eigenvalue weighted by molar-refractivity contribution is 0.297. The Morgan fingerprint density at radius 3 is 2.72 bits per heavy atom. The van der Waals surface area contributed by atoms with Gasteiger partial charge in [0.05, 0.1) is 6.33 Å². The molecule has 2 heterocycles. The van der Waals surface area contributed by atoms with Crippen molar-refractivity contribution in [3.8, 4) is 0 Å². The Labute approximate surface area is 110 Å². The molecule has 1 N–H and O–H groups in total. The second-order valence-corrected chi connectivity index (χ2v) is 6.91. The first-order chi connectivity index (χ1) is 8.56. The second-order valence-electron chi connectivity index (χ2n) is 6.91. The van der Waals surface area contributed by atoms with Crippen molar-refractivity contribution in [1.29, 1.82) is 0 Å². The largest absolute Gasteiger partial charge is 0.333 e. The molecular formula is C15H25N3. The van der Waals surface area contributed by atoms with E-state index in [4.69, 9.17) is 0 Å². The zero-order valence-electron chi connectivity index (χ0n) is 11.9. The Balaban J connectivity index is 1.84. The van der Waals surface area contributed by atoms with Crippen LogP contribution in [0.5, 0.6) is 0 Å². The van der Waals surface area contributed by atoms with Crippen LogP contribution in [0, 0.1) is 11.3 Å². The molecule has 1 aliphatic carbocycles. The molecule has 1 saturated heterocycles. The monoisotopic (exact) mass is 247 g/mol. The Kier molecular flexibility index (Phi) is 2.77. The third kappa shape index (κ3) is 1.89.